The Balaban J connectivity index is 1.89. The van der Waals surface area contributed by atoms with Crippen molar-refractivity contribution in [2.24, 2.45) is 4.99 Å². The summed E-state index contributed by atoms with van der Waals surface area (Å²) in [5, 5.41) is 2.78. The zero-order chi connectivity index (χ0) is 20.4. The van der Waals surface area contributed by atoms with Crippen molar-refractivity contribution in [1.82, 2.24) is 4.57 Å². The molecule has 0 aliphatic heterocycles. The third kappa shape index (κ3) is 4.19. The minimum absolute atomic E-state index is 0.248. The van der Waals surface area contributed by atoms with Crippen LogP contribution in [0.25, 0.3) is 11.3 Å². The number of thiazole rings is 1. The average Bonchev–Trinajstić information content (AvgIpc) is 3.10. The molecule has 4 aromatic rings. The fourth-order valence-corrected chi connectivity index (χ4v) is 4.30. The number of nitrogens with zero attached hydrogens (tertiary/aromatic N) is 2. The van der Waals surface area contributed by atoms with Gasteiger partial charge in [0.05, 0.1) is 17.9 Å². The van der Waals surface area contributed by atoms with Crippen LogP contribution in [0.1, 0.15) is 16.7 Å². The highest BCUT2D eigenvalue weighted by Crippen LogP contribution is 2.25. The molecule has 0 saturated heterocycles. The minimum atomic E-state index is -0.248. The molecule has 1 heterocycles. The molecule has 4 rings (SSSR count). The number of halogens is 2. The summed E-state index contributed by atoms with van der Waals surface area (Å²) >= 11 is 8.00. The maximum Gasteiger partial charge on any atom is 0.190 e. The van der Waals surface area contributed by atoms with Gasteiger partial charge in [0.15, 0.2) is 4.80 Å². The standard InChI is InChI=1S/C24H20ClFN2S/c1-16-6-5-9-22(17(16)2)27-24-28(14-19-7-3-4-8-21(19)25)23(15-29-24)18-10-12-20(26)13-11-18/h3-13,15H,14H2,1-2H3. The summed E-state index contributed by atoms with van der Waals surface area (Å²) in [7, 11) is 0. The maximum atomic E-state index is 13.4. The molecular weight excluding hydrogens is 403 g/mol. The normalized spacial score (nSPS) is 11.8. The molecule has 5 heteroatoms. The van der Waals surface area contributed by atoms with Crippen molar-refractivity contribution in [2.75, 3.05) is 0 Å². The Bertz CT molecular complexity index is 1220. The Morgan fingerprint density at radius 1 is 0.966 bits per heavy atom. The third-order valence-corrected chi connectivity index (χ3v) is 6.25. The van der Waals surface area contributed by atoms with Gasteiger partial charge in [-0.1, -0.05) is 41.9 Å². The van der Waals surface area contributed by atoms with E-state index >= 15 is 0 Å². The van der Waals surface area contributed by atoms with E-state index in [0.29, 0.717) is 11.6 Å². The first kappa shape index (κ1) is 19.6. The van der Waals surface area contributed by atoms with E-state index in [0.717, 1.165) is 32.9 Å². The lowest BCUT2D eigenvalue weighted by molar-refractivity contribution is 0.628. The number of benzene rings is 3. The van der Waals surface area contributed by atoms with Crippen LogP contribution in [0.3, 0.4) is 0 Å². The fourth-order valence-electron chi connectivity index (χ4n) is 3.18. The van der Waals surface area contributed by atoms with E-state index in [-0.39, 0.29) is 5.82 Å². The van der Waals surface area contributed by atoms with Crippen molar-refractivity contribution in [3.63, 3.8) is 0 Å². The van der Waals surface area contributed by atoms with Crippen LogP contribution in [-0.2, 0) is 6.54 Å². The lowest BCUT2D eigenvalue weighted by Gasteiger charge is -2.11. The lowest BCUT2D eigenvalue weighted by Crippen LogP contribution is -2.17. The molecule has 0 N–H and O–H groups in total. The van der Waals surface area contributed by atoms with Crippen LogP contribution < -0.4 is 4.80 Å². The summed E-state index contributed by atoms with van der Waals surface area (Å²) in [6, 6.07) is 20.5. The van der Waals surface area contributed by atoms with Gasteiger partial charge in [-0.05, 0) is 72.5 Å². The minimum Gasteiger partial charge on any atom is -0.312 e. The van der Waals surface area contributed by atoms with Gasteiger partial charge in [-0.15, -0.1) is 11.3 Å². The van der Waals surface area contributed by atoms with Crippen LogP contribution in [-0.4, -0.2) is 4.57 Å². The molecule has 0 bridgehead atoms. The largest absolute Gasteiger partial charge is 0.312 e. The Hall–Kier alpha value is -2.69. The quantitative estimate of drug-likeness (QED) is 0.340. The molecule has 0 fully saturated rings. The van der Waals surface area contributed by atoms with Gasteiger partial charge in [0.2, 0.25) is 0 Å². The van der Waals surface area contributed by atoms with Crippen molar-refractivity contribution in [3.05, 3.63) is 104 Å². The number of rotatable bonds is 4. The predicted octanol–water partition coefficient (Wildman–Crippen LogP) is 6.91. The van der Waals surface area contributed by atoms with Gasteiger partial charge in [0, 0.05) is 10.4 Å². The highest BCUT2D eigenvalue weighted by molar-refractivity contribution is 7.07. The molecule has 2 nitrogen and oxygen atoms in total. The molecule has 0 atom stereocenters. The first-order valence-corrected chi connectivity index (χ1v) is 10.6. The molecule has 0 aliphatic carbocycles. The zero-order valence-electron chi connectivity index (χ0n) is 16.2. The lowest BCUT2D eigenvalue weighted by atomic mass is 10.1. The van der Waals surface area contributed by atoms with Gasteiger partial charge in [0.1, 0.15) is 5.82 Å². The Morgan fingerprint density at radius 2 is 1.72 bits per heavy atom. The van der Waals surface area contributed by atoms with Gasteiger partial charge >= 0.3 is 0 Å². The number of aromatic nitrogens is 1. The number of hydrogen-bond donors (Lipinski definition) is 0. The average molecular weight is 423 g/mol. The third-order valence-electron chi connectivity index (χ3n) is 5.02. The molecule has 0 aliphatic rings. The Labute approximate surface area is 178 Å². The summed E-state index contributed by atoms with van der Waals surface area (Å²) in [5.74, 6) is -0.248. The van der Waals surface area contributed by atoms with Crippen LogP contribution in [0.5, 0.6) is 0 Å². The number of hydrogen-bond acceptors (Lipinski definition) is 2. The van der Waals surface area contributed by atoms with E-state index in [1.807, 2.05) is 36.4 Å². The van der Waals surface area contributed by atoms with Crippen molar-refractivity contribution >= 4 is 28.6 Å². The van der Waals surface area contributed by atoms with E-state index in [2.05, 4.69) is 29.9 Å². The van der Waals surface area contributed by atoms with Gasteiger partial charge < -0.3 is 4.57 Å². The van der Waals surface area contributed by atoms with E-state index in [1.165, 1.54) is 17.7 Å². The van der Waals surface area contributed by atoms with Gasteiger partial charge in [-0.3, -0.25) is 0 Å². The molecule has 3 aromatic carbocycles. The van der Waals surface area contributed by atoms with E-state index in [4.69, 9.17) is 16.6 Å². The van der Waals surface area contributed by atoms with Gasteiger partial charge in [-0.2, -0.15) is 0 Å². The summed E-state index contributed by atoms with van der Waals surface area (Å²) in [5.41, 5.74) is 6.26. The molecule has 0 amide bonds. The molecule has 0 radical (unpaired) electrons. The topological polar surface area (TPSA) is 17.3 Å². The predicted molar refractivity (Wildman–Crippen MR) is 119 cm³/mol. The second-order valence-corrected chi connectivity index (χ2v) is 8.16. The van der Waals surface area contributed by atoms with E-state index < -0.39 is 0 Å². The van der Waals surface area contributed by atoms with Gasteiger partial charge in [-0.25, -0.2) is 9.38 Å². The second-order valence-electron chi connectivity index (χ2n) is 6.92. The number of aryl methyl sites for hydroxylation is 1. The first-order valence-electron chi connectivity index (χ1n) is 9.31. The highest BCUT2D eigenvalue weighted by Gasteiger charge is 2.11. The SMILES string of the molecule is Cc1cccc(N=c2scc(-c3ccc(F)cc3)n2Cc2ccccc2Cl)c1C. The van der Waals surface area contributed by atoms with Crippen molar-refractivity contribution in [1.29, 1.82) is 0 Å². The van der Waals surface area contributed by atoms with Gasteiger partial charge in [0.25, 0.3) is 0 Å². The Morgan fingerprint density at radius 3 is 2.48 bits per heavy atom. The fraction of sp³-hybridized carbons (Fsp3) is 0.125. The molecular formula is C24H20ClFN2S. The second kappa shape index (κ2) is 8.36. The maximum absolute atomic E-state index is 13.4. The Kier molecular flexibility index (Phi) is 5.65. The van der Waals surface area contributed by atoms with E-state index in [9.17, 15) is 4.39 Å². The van der Waals surface area contributed by atoms with Crippen LogP contribution in [0.2, 0.25) is 5.02 Å². The monoisotopic (exact) mass is 422 g/mol. The molecule has 146 valence electrons. The van der Waals surface area contributed by atoms with Crippen LogP contribution in [0.4, 0.5) is 10.1 Å². The molecule has 1 aromatic heterocycles. The summed E-state index contributed by atoms with van der Waals surface area (Å²) < 4.78 is 15.6. The van der Waals surface area contributed by atoms with Crippen LogP contribution in [0, 0.1) is 19.7 Å². The van der Waals surface area contributed by atoms with Crippen molar-refractivity contribution in [2.45, 2.75) is 20.4 Å². The highest BCUT2D eigenvalue weighted by atomic mass is 35.5. The van der Waals surface area contributed by atoms with E-state index in [1.54, 1.807) is 23.5 Å². The molecule has 0 spiro atoms. The summed E-state index contributed by atoms with van der Waals surface area (Å²) in [4.78, 5) is 5.83. The summed E-state index contributed by atoms with van der Waals surface area (Å²) in [6.45, 7) is 4.76. The smallest absolute Gasteiger partial charge is 0.190 e. The van der Waals surface area contributed by atoms with Crippen molar-refractivity contribution < 1.29 is 4.39 Å². The van der Waals surface area contributed by atoms with Crippen LogP contribution >= 0.6 is 22.9 Å². The molecule has 0 saturated carbocycles. The zero-order valence-corrected chi connectivity index (χ0v) is 17.8. The first-order chi connectivity index (χ1) is 14.0. The summed E-state index contributed by atoms with van der Waals surface area (Å²) in [6.07, 6.45) is 0. The molecule has 0 unspecified atom stereocenters. The molecule has 29 heavy (non-hydrogen) atoms. The van der Waals surface area contributed by atoms with Crippen LogP contribution in [0.15, 0.2) is 77.1 Å². The van der Waals surface area contributed by atoms with Crippen molar-refractivity contribution in [3.8, 4) is 11.3 Å².